The lowest BCUT2D eigenvalue weighted by atomic mass is 10.2. The lowest BCUT2D eigenvalue weighted by Gasteiger charge is -2.06. The van der Waals surface area contributed by atoms with Crippen molar-refractivity contribution in [3.8, 4) is 0 Å². The summed E-state index contributed by atoms with van der Waals surface area (Å²) in [6.07, 6.45) is 1.63. The maximum atomic E-state index is 11.8. The van der Waals surface area contributed by atoms with Gasteiger partial charge in [-0.05, 0) is 12.5 Å². The monoisotopic (exact) mass is 312 g/mol. The molecule has 0 atom stereocenters. The molecule has 1 N–H and O–H groups in total. The Hall–Kier alpha value is -1.44. The van der Waals surface area contributed by atoms with Gasteiger partial charge in [0.25, 0.3) is 0 Å². The summed E-state index contributed by atoms with van der Waals surface area (Å²) in [5.41, 5.74) is 1.02. The summed E-state index contributed by atoms with van der Waals surface area (Å²) in [6, 6.07) is 9.63. The third-order valence-electron chi connectivity index (χ3n) is 2.47. The summed E-state index contributed by atoms with van der Waals surface area (Å²) in [6.45, 7) is 2.43. The molecule has 0 fully saturated rings. The highest BCUT2D eigenvalue weighted by molar-refractivity contribution is 7.92. The van der Waals surface area contributed by atoms with Crippen LogP contribution in [-0.2, 0) is 21.4 Å². The zero-order chi connectivity index (χ0) is 14.4. The molecule has 0 amide bonds. The van der Waals surface area contributed by atoms with Crippen LogP contribution in [0.4, 0.5) is 5.13 Å². The third kappa shape index (κ3) is 4.92. The predicted octanol–water partition coefficient (Wildman–Crippen LogP) is 2.41. The van der Waals surface area contributed by atoms with E-state index in [4.69, 9.17) is 4.74 Å². The van der Waals surface area contributed by atoms with Crippen molar-refractivity contribution in [2.24, 2.45) is 0 Å². The van der Waals surface area contributed by atoms with Crippen molar-refractivity contribution in [1.82, 2.24) is 4.98 Å². The van der Waals surface area contributed by atoms with Crippen LogP contribution in [-0.4, -0.2) is 25.8 Å². The van der Waals surface area contributed by atoms with Crippen molar-refractivity contribution in [3.05, 3.63) is 47.0 Å². The highest BCUT2D eigenvalue weighted by Gasteiger charge is 2.12. The van der Waals surface area contributed by atoms with Crippen LogP contribution in [0.2, 0.25) is 0 Å². The van der Waals surface area contributed by atoms with Crippen molar-refractivity contribution < 1.29 is 13.2 Å². The van der Waals surface area contributed by atoms with Crippen LogP contribution in [0.1, 0.15) is 10.4 Å². The third-order valence-corrected chi connectivity index (χ3v) is 4.64. The van der Waals surface area contributed by atoms with E-state index >= 15 is 0 Å². The second kappa shape index (κ2) is 6.83. The molecule has 2 rings (SSSR count). The number of sulfonamides is 1. The Labute approximate surface area is 122 Å². The average Bonchev–Trinajstić information content (AvgIpc) is 2.80. The van der Waals surface area contributed by atoms with Crippen LogP contribution in [0.5, 0.6) is 0 Å². The second-order valence-electron chi connectivity index (χ2n) is 4.24. The van der Waals surface area contributed by atoms with Crippen molar-refractivity contribution >= 4 is 26.5 Å². The zero-order valence-electron chi connectivity index (χ0n) is 11.1. The van der Waals surface area contributed by atoms with Crippen LogP contribution < -0.4 is 4.72 Å². The topological polar surface area (TPSA) is 68.3 Å². The first-order chi connectivity index (χ1) is 9.55. The standard InChI is InChI=1S/C13H16N2O3S2/c1-11-9-14-13(19-11)15-20(16,17)8-7-18-10-12-5-3-2-4-6-12/h2-6,9H,7-8,10H2,1H3,(H,14,15). The molecule has 1 aromatic heterocycles. The lowest BCUT2D eigenvalue weighted by molar-refractivity contribution is 0.135. The number of hydrogen-bond donors (Lipinski definition) is 1. The maximum absolute atomic E-state index is 11.8. The Morgan fingerprint density at radius 3 is 2.70 bits per heavy atom. The number of nitrogens with one attached hydrogen (secondary N) is 1. The molecule has 1 aromatic carbocycles. The van der Waals surface area contributed by atoms with E-state index in [-0.39, 0.29) is 12.4 Å². The van der Waals surface area contributed by atoms with Crippen LogP contribution in [0.3, 0.4) is 0 Å². The van der Waals surface area contributed by atoms with Gasteiger partial charge in [-0.15, -0.1) is 11.3 Å². The van der Waals surface area contributed by atoms with E-state index in [1.165, 1.54) is 11.3 Å². The minimum absolute atomic E-state index is 0.0849. The number of aromatic nitrogens is 1. The van der Waals surface area contributed by atoms with Crippen molar-refractivity contribution in [3.63, 3.8) is 0 Å². The average molecular weight is 312 g/mol. The molecule has 0 aliphatic carbocycles. The summed E-state index contributed by atoms with van der Waals surface area (Å²) in [5.74, 6) is -0.0849. The minimum Gasteiger partial charge on any atom is -0.376 e. The van der Waals surface area contributed by atoms with Gasteiger partial charge in [0.2, 0.25) is 10.0 Å². The van der Waals surface area contributed by atoms with Gasteiger partial charge in [0.15, 0.2) is 5.13 Å². The van der Waals surface area contributed by atoms with E-state index in [0.717, 1.165) is 10.4 Å². The number of aryl methyl sites for hydroxylation is 1. The number of hydrogen-bond acceptors (Lipinski definition) is 5. The largest absolute Gasteiger partial charge is 0.376 e. The van der Waals surface area contributed by atoms with Crippen molar-refractivity contribution in [2.45, 2.75) is 13.5 Å². The van der Waals surface area contributed by atoms with E-state index in [1.807, 2.05) is 37.3 Å². The number of nitrogens with zero attached hydrogens (tertiary/aromatic N) is 1. The molecular weight excluding hydrogens is 296 g/mol. The summed E-state index contributed by atoms with van der Waals surface area (Å²) in [5, 5.41) is 0.394. The smallest absolute Gasteiger partial charge is 0.236 e. The van der Waals surface area contributed by atoms with E-state index in [9.17, 15) is 8.42 Å². The molecule has 5 nitrogen and oxygen atoms in total. The molecule has 0 aliphatic heterocycles. The van der Waals surface area contributed by atoms with Gasteiger partial charge in [0.05, 0.1) is 19.0 Å². The molecule has 0 saturated heterocycles. The molecule has 7 heteroatoms. The summed E-state index contributed by atoms with van der Waals surface area (Å²) >= 11 is 1.31. The number of rotatable bonds is 7. The molecule has 0 unspecified atom stereocenters. The Morgan fingerprint density at radius 2 is 2.05 bits per heavy atom. The van der Waals surface area contributed by atoms with Crippen molar-refractivity contribution in [1.29, 1.82) is 0 Å². The van der Waals surface area contributed by atoms with E-state index in [0.29, 0.717) is 11.7 Å². The highest BCUT2D eigenvalue weighted by atomic mass is 32.2. The lowest BCUT2D eigenvalue weighted by Crippen LogP contribution is -2.20. The summed E-state index contributed by atoms with van der Waals surface area (Å²) in [4.78, 5) is 4.93. The molecule has 0 spiro atoms. The van der Waals surface area contributed by atoms with Gasteiger partial charge in [0, 0.05) is 11.1 Å². The minimum atomic E-state index is -3.40. The van der Waals surface area contributed by atoms with Crippen LogP contribution in [0.25, 0.3) is 0 Å². The van der Waals surface area contributed by atoms with Crippen LogP contribution in [0, 0.1) is 6.92 Å². The Bertz CT molecular complexity index is 639. The first-order valence-corrected chi connectivity index (χ1v) is 8.57. The van der Waals surface area contributed by atoms with Crippen LogP contribution in [0.15, 0.2) is 36.5 Å². The Kier molecular flexibility index (Phi) is 5.11. The van der Waals surface area contributed by atoms with E-state index in [2.05, 4.69) is 9.71 Å². The fourth-order valence-corrected chi connectivity index (χ4v) is 3.34. The molecule has 0 saturated carbocycles. The Balaban J connectivity index is 1.75. The van der Waals surface area contributed by atoms with Gasteiger partial charge in [-0.1, -0.05) is 30.3 Å². The van der Waals surface area contributed by atoms with Gasteiger partial charge in [-0.25, -0.2) is 13.4 Å². The van der Waals surface area contributed by atoms with Gasteiger partial charge in [-0.2, -0.15) is 0 Å². The second-order valence-corrected chi connectivity index (χ2v) is 7.31. The summed E-state index contributed by atoms with van der Waals surface area (Å²) < 4.78 is 31.4. The molecule has 0 aliphatic rings. The van der Waals surface area contributed by atoms with E-state index < -0.39 is 10.0 Å². The van der Waals surface area contributed by atoms with Gasteiger partial charge in [-0.3, -0.25) is 4.72 Å². The van der Waals surface area contributed by atoms with E-state index in [1.54, 1.807) is 6.20 Å². The molecule has 0 radical (unpaired) electrons. The molecule has 2 aromatic rings. The molecule has 1 heterocycles. The molecular formula is C13H16N2O3S2. The van der Waals surface area contributed by atoms with Gasteiger partial charge >= 0.3 is 0 Å². The fraction of sp³-hybridized carbons (Fsp3) is 0.308. The van der Waals surface area contributed by atoms with Crippen LogP contribution >= 0.6 is 11.3 Å². The number of anilines is 1. The number of benzene rings is 1. The normalized spacial score (nSPS) is 11.4. The predicted molar refractivity (Wildman–Crippen MR) is 80.4 cm³/mol. The first-order valence-electron chi connectivity index (χ1n) is 6.10. The SMILES string of the molecule is Cc1cnc(NS(=O)(=O)CCOCc2ccccc2)s1. The summed E-state index contributed by atoms with van der Waals surface area (Å²) in [7, 11) is -3.40. The molecule has 20 heavy (non-hydrogen) atoms. The maximum Gasteiger partial charge on any atom is 0.236 e. The first kappa shape index (κ1) is 15.0. The quantitative estimate of drug-likeness (QED) is 0.797. The number of ether oxygens (including phenoxy) is 1. The Morgan fingerprint density at radius 1 is 1.30 bits per heavy atom. The number of thiazole rings is 1. The molecule has 108 valence electrons. The zero-order valence-corrected chi connectivity index (χ0v) is 12.7. The fourth-order valence-electron chi connectivity index (χ4n) is 1.52. The molecule has 0 bridgehead atoms. The van der Waals surface area contributed by atoms with Gasteiger partial charge < -0.3 is 4.74 Å². The van der Waals surface area contributed by atoms with Crippen molar-refractivity contribution in [2.75, 3.05) is 17.1 Å². The highest BCUT2D eigenvalue weighted by Crippen LogP contribution is 2.17. The van der Waals surface area contributed by atoms with Gasteiger partial charge in [0.1, 0.15) is 0 Å².